The number of rotatable bonds is 4. The van der Waals surface area contributed by atoms with Gasteiger partial charge in [0.1, 0.15) is 10.1 Å². The fourth-order valence-electron chi connectivity index (χ4n) is 1.08. The Bertz CT molecular complexity index is 422. The third-order valence-corrected chi connectivity index (χ3v) is 3.60. The molecule has 0 aliphatic rings. The average molecular weight is 270 g/mol. The number of thioether (sulfide) groups is 2. The summed E-state index contributed by atoms with van der Waals surface area (Å²) in [5.41, 5.74) is 0. The molecule has 0 spiro atoms. The molecule has 2 rings (SSSR count). The first-order valence-electron chi connectivity index (χ1n) is 4.74. The number of hydrogen-bond acceptors (Lipinski definition) is 4. The normalized spacial score (nSPS) is 11.4. The summed E-state index contributed by atoms with van der Waals surface area (Å²) in [5.74, 6) is 0. The highest BCUT2D eigenvalue weighted by Gasteiger charge is 2.33. The van der Waals surface area contributed by atoms with Gasteiger partial charge >= 0.3 is 4.59 Å². The second kappa shape index (κ2) is 5.46. The van der Waals surface area contributed by atoms with Crippen LogP contribution in [0.1, 0.15) is 0 Å². The Hall–Kier alpha value is -1.14. The smallest absolute Gasteiger partial charge is 0.250 e. The van der Waals surface area contributed by atoms with Crippen molar-refractivity contribution in [2.24, 2.45) is 0 Å². The van der Waals surface area contributed by atoms with Gasteiger partial charge in [0, 0.05) is 12.4 Å². The van der Waals surface area contributed by atoms with Crippen molar-refractivity contribution < 1.29 is 8.78 Å². The Morgan fingerprint density at radius 2 is 1.29 bits per heavy atom. The van der Waals surface area contributed by atoms with Gasteiger partial charge in [0.25, 0.3) is 0 Å². The Labute approximate surface area is 106 Å². The molecule has 0 N–H and O–H groups in total. The summed E-state index contributed by atoms with van der Waals surface area (Å²) in [4.78, 5) is 7.71. The van der Waals surface area contributed by atoms with Crippen molar-refractivity contribution in [1.82, 2.24) is 9.97 Å². The lowest BCUT2D eigenvalue weighted by molar-refractivity contribution is 0.211. The minimum atomic E-state index is -2.98. The quantitative estimate of drug-likeness (QED) is 0.621. The maximum absolute atomic E-state index is 13.6. The van der Waals surface area contributed by atoms with Crippen LogP contribution in [0, 0.1) is 0 Å². The Balaban J connectivity index is 2.04. The fourth-order valence-corrected chi connectivity index (χ4v) is 2.77. The maximum atomic E-state index is 13.6. The molecule has 0 aliphatic heterocycles. The minimum absolute atomic E-state index is 0.293. The van der Waals surface area contributed by atoms with E-state index in [1.165, 1.54) is 12.4 Å². The summed E-state index contributed by atoms with van der Waals surface area (Å²) in [6.07, 6.45) is 2.98. The third-order valence-electron chi connectivity index (χ3n) is 1.72. The lowest BCUT2D eigenvalue weighted by atomic mass is 10.5. The van der Waals surface area contributed by atoms with Gasteiger partial charge in [0.2, 0.25) is 0 Å². The first-order chi connectivity index (χ1) is 8.16. The fraction of sp³-hybridized carbons (Fsp3) is 0.0909. The monoisotopic (exact) mass is 270 g/mol. The second-order valence-corrected chi connectivity index (χ2v) is 5.53. The van der Waals surface area contributed by atoms with E-state index in [1.807, 2.05) is 0 Å². The van der Waals surface area contributed by atoms with Crippen LogP contribution >= 0.6 is 23.5 Å². The standard InChI is InChI=1S/C11H8F2N2S2/c12-11(13,16-9-5-1-3-7-14-9)17-10-6-2-4-8-15-10/h1-8H. The summed E-state index contributed by atoms with van der Waals surface area (Å²) in [5, 5.41) is 0.585. The Kier molecular flexibility index (Phi) is 3.96. The largest absolute Gasteiger partial charge is 0.353 e. The summed E-state index contributed by atoms with van der Waals surface area (Å²) in [7, 11) is 0. The van der Waals surface area contributed by atoms with E-state index >= 15 is 0 Å². The minimum Gasteiger partial charge on any atom is -0.250 e. The molecule has 2 nitrogen and oxygen atoms in total. The van der Waals surface area contributed by atoms with Gasteiger partial charge in [-0.1, -0.05) is 12.1 Å². The maximum Gasteiger partial charge on any atom is 0.353 e. The van der Waals surface area contributed by atoms with E-state index in [-0.39, 0.29) is 0 Å². The van der Waals surface area contributed by atoms with Crippen molar-refractivity contribution in [1.29, 1.82) is 0 Å². The van der Waals surface area contributed by atoms with Crippen LogP contribution in [0.25, 0.3) is 0 Å². The van der Waals surface area contributed by atoms with Crippen LogP contribution in [0.5, 0.6) is 0 Å². The van der Waals surface area contributed by atoms with E-state index in [0.29, 0.717) is 33.6 Å². The predicted molar refractivity (Wildman–Crippen MR) is 65.1 cm³/mol. The van der Waals surface area contributed by atoms with Crippen LogP contribution in [0.2, 0.25) is 0 Å². The predicted octanol–water partition coefficient (Wildman–Crippen LogP) is 3.91. The Morgan fingerprint density at radius 3 is 1.65 bits per heavy atom. The Morgan fingerprint density at radius 1 is 0.824 bits per heavy atom. The SMILES string of the molecule is FC(F)(Sc1ccccn1)Sc1ccccn1. The lowest BCUT2D eigenvalue weighted by Gasteiger charge is -2.13. The van der Waals surface area contributed by atoms with E-state index in [0.717, 1.165) is 0 Å². The number of halogens is 2. The van der Waals surface area contributed by atoms with Crippen LogP contribution < -0.4 is 0 Å². The zero-order chi connectivity index (χ0) is 12.1. The van der Waals surface area contributed by atoms with Gasteiger partial charge in [-0.25, -0.2) is 9.97 Å². The summed E-state index contributed by atoms with van der Waals surface area (Å²) >= 11 is 0.838. The molecule has 0 saturated carbocycles. The molecule has 2 aromatic heterocycles. The van der Waals surface area contributed by atoms with Gasteiger partial charge < -0.3 is 0 Å². The van der Waals surface area contributed by atoms with Gasteiger partial charge in [-0.2, -0.15) is 8.78 Å². The molecular formula is C11H8F2N2S2. The molecule has 0 fully saturated rings. The van der Waals surface area contributed by atoms with Crippen LogP contribution in [0.15, 0.2) is 58.8 Å². The van der Waals surface area contributed by atoms with Crippen molar-refractivity contribution in [3.63, 3.8) is 0 Å². The van der Waals surface area contributed by atoms with Gasteiger partial charge in [0.15, 0.2) is 0 Å². The first-order valence-corrected chi connectivity index (χ1v) is 6.37. The number of aromatic nitrogens is 2. The van der Waals surface area contributed by atoms with Crippen LogP contribution in [-0.2, 0) is 0 Å². The van der Waals surface area contributed by atoms with Crippen LogP contribution in [-0.4, -0.2) is 14.6 Å². The summed E-state index contributed by atoms with van der Waals surface area (Å²) in [6, 6.07) is 9.84. The molecule has 6 heteroatoms. The highest BCUT2D eigenvalue weighted by Crippen LogP contribution is 2.46. The van der Waals surface area contributed by atoms with Crippen molar-refractivity contribution in [2.75, 3.05) is 0 Å². The van der Waals surface area contributed by atoms with Crippen LogP contribution in [0.4, 0.5) is 8.78 Å². The molecule has 0 amide bonds. The van der Waals surface area contributed by atoms with Crippen molar-refractivity contribution in [2.45, 2.75) is 14.6 Å². The van der Waals surface area contributed by atoms with E-state index < -0.39 is 4.59 Å². The molecule has 0 saturated heterocycles. The number of hydrogen-bond donors (Lipinski definition) is 0. The molecule has 0 radical (unpaired) electrons. The molecule has 0 unspecified atom stereocenters. The molecule has 2 aromatic rings. The second-order valence-electron chi connectivity index (χ2n) is 3.00. The van der Waals surface area contributed by atoms with Gasteiger partial charge in [-0.05, 0) is 47.8 Å². The summed E-state index contributed by atoms with van der Waals surface area (Å²) < 4.78 is 24.3. The number of pyridine rings is 2. The third kappa shape index (κ3) is 3.98. The topological polar surface area (TPSA) is 25.8 Å². The zero-order valence-corrected chi connectivity index (χ0v) is 10.2. The van der Waals surface area contributed by atoms with Crippen molar-refractivity contribution >= 4 is 23.5 Å². The van der Waals surface area contributed by atoms with Gasteiger partial charge in [-0.3, -0.25) is 0 Å². The number of nitrogens with zero attached hydrogens (tertiary/aromatic N) is 2. The molecule has 88 valence electrons. The molecule has 0 bridgehead atoms. The summed E-state index contributed by atoms with van der Waals surface area (Å²) in [6.45, 7) is 0. The highest BCUT2D eigenvalue weighted by atomic mass is 32.2. The van der Waals surface area contributed by atoms with Crippen molar-refractivity contribution in [3.8, 4) is 0 Å². The van der Waals surface area contributed by atoms with Gasteiger partial charge in [-0.15, -0.1) is 0 Å². The lowest BCUT2D eigenvalue weighted by Crippen LogP contribution is -2.04. The van der Waals surface area contributed by atoms with Crippen molar-refractivity contribution in [3.05, 3.63) is 48.8 Å². The van der Waals surface area contributed by atoms with E-state index in [9.17, 15) is 8.78 Å². The van der Waals surface area contributed by atoms with E-state index in [4.69, 9.17) is 0 Å². The number of alkyl halides is 2. The van der Waals surface area contributed by atoms with E-state index in [1.54, 1.807) is 36.4 Å². The van der Waals surface area contributed by atoms with Gasteiger partial charge in [0.05, 0.1) is 0 Å². The molecule has 17 heavy (non-hydrogen) atoms. The molecule has 0 atom stereocenters. The highest BCUT2D eigenvalue weighted by molar-refractivity contribution is 8.17. The molecular weight excluding hydrogens is 262 g/mol. The van der Waals surface area contributed by atoms with Crippen LogP contribution in [0.3, 0.4) is 0 Å². The average Bonchev–Trinajstić information content (AvgIpc) is 2.30. The molecule has 2 heterocycles. The molecule has 0 aliphatic carbocycles. The zero-order valence-electron chi connectivity index (χ0n) is 8.59. The van der Waals surface area contributed by atoms with E-state index in [2.05, 4.69) is 9.97 Å². The molecule has 0 aromatic carbocycles. The first kappa shape index (κ1) is 12.3.